The highest BCUT2D eigenvalue weighted by atomic mass is 79.9. The van der Waals surface area contributed by atoms with Gasteiger partial charge in [-0.05, 0) is 0 Å². The highest BCUT2D eigenvalue weighted by molar-refractivity contribution is 9.52. The highest BCUT2D eigenvalue weighted by Gasteiger charge is 2.54. The van der Waals surface area contributed by atoms with Crippen LogP contribution in [0.4, 0.5) is 0 Å². The predicted molar refractivity (Wildman–Crippen MR) is 40.6 cm³/mol. The number of rotatable bonds is 2. The zero-order chi connectivity index (χ0) is 9.50. The molecule has 11 heteroatoms. The van der Waals surface area contributed by atoms with Gasteiger partial charge in [0.2, 0.25) is 0 Å². The molecule has 0 amide bonds. The van der Waals surface area contributed by atoms with Gasteiger partial charge in [0.25, 0.3) is 0 Å². The van der Waals surface area contributed by atoms with Crippen LogP contribution in [0.2, 0.25) is 0 Å². The molecule has 0 aromatic rings. The minimum atomic E-state index is -5.28. The Morgan fingerprint density at radius 1 is 0.818 bits per heavy atom. The third-order valence-corrected chi connectivity index (χ3v) is 17.4. The summed E-state index contributed by atoms with van der Waals surface area (Å²) in [7, 11) is -10.6. The maximum absolute atomic E-state index is 10.6. The number of halogens is 1. The second-order valence-corrected chi connectivity index (χ2v) is 18.2. The Kier molecular flexibility index (Phi) is 3.33. The lowest BCUT2D eigenvalue weighted by Gasteiger charge is -2.12. The fourth-order valence-corrected chi connectivity index (χ4v) is 4.10. The van der Waals surface area contributed by atoms with Crippen molar-refractivity contribution in [1.29, 1.82) is 0 Å². The van der Waals surface area contributed by atoms with Crippen molar-refractivity contribution >= 4 is 35.3 Å². The molecule has 0 aromatic carbocycles. The zero-order valence-corrected chi connectivity index (χ0v) is 9.00. The quantitative estimate of drug-likeness (QED) is 0.554. The Bertz CT molecular complexity index is 252. The van der Waals surface area contributed by atoms with E-state index >= 15 is 0 Å². The molecule has 11 heavy (non-hydrogen) atoms. The molecule has 4 N–H and O–H groups in total. The maximum Gasteiger partial charge on any atom is 0.403 e. The van der Waals surface area contributed by atoms with Gasteiger partial charge >= 0.3 is 19.8 Å². The van der Waals surface area contributed by atoms with E-state index in [1.165, 1.54) is 0 Å². The molecule has 0 unspecified atom stereocenters. The Labute approximate surface area is 69.0 Å². The molecule has 0 rings (SSSR count). The second kappa shape index (κ2) is 3.05. The lowest BCUT2D eigenvalue weighted by atomic mass is 15.8. The van der Waals surface area contributed by atoms with Crippen molar-refractivity contribution < 1.29 is 33.3 Å². The smallest absolute Gasteiger partial charge is 0.318 e. The third-order valence-electron chi connectivity index (χ3n) is 0.643. The zero-order valence-electron chi connectivity index (χ0n) is 4.73. The molecule has 0 saturated carbocycles. The fourth-order valence-electron chi connectivity index (χ4n) is 0.152. The van der Waals surface area contributed by atoms with E-state index in [9.17, 15) is 13.7 Å². The van der Waals surface area contributed by atoms with Crippen LogP contribution in [0.15, 0.2) is 0 Å². The van der Waals surface area contributed by atoms with E-state index in [0.29, 0.717) is 0 Å². The summed E-state index contributed by atoms with van der Waals surface area (Å²) in [6.45, 7) is 0. The average molecular weight is 289 g/mol. The molecule has 0 spiro atoms. The average Bonchev–Trinajstić information content (AvgIpc) is 1.58. The first-order chi connectivity index (χ1) is 4.50. The molecule has 68 valence electrons. The minimum absolute atomic E-state index is 1.85. The molecular formula is H4BrO7P3. The molecule has 0 bridgehead atoms. The molecule has 0 aromatic heterocycles. The topological polar surface area (TPSA) is 132 Å². The van der Waals surface area contributed by atoms with Gasteiger partial charge in [-0.1, -0.05) is 0 Å². The van der Waals surface area contributed by atoms with Crippen LogP contribution < -0.4 is 0 Å². The van der Waals surface area contributed by atoms with Crippen molar-refractivity contribution in [3.8, 4) is 0 Å². The van der Waals surface area contributed by atoms with E-state index in [0.717, 1.165) is 0 Å². The molecule has 0 saturated heterocycles. The van der Waals surface area contributed by atoms with Crippen LogP contribution in [0.3, 0.4) is 0 Å². The molecule has 0 fully saturated rings. The summed E-state index contributed by atoms with van der Waals surface area (Å²) in [5, 5.41) is -4.91. The van der Waals surface area contributed by atoms with Crippen LogP contribution in [0, 0.1) is 0 Å². The van der Waals surface area contributed by atoms with E-state index in [-0.39, 0.29) is 0 Å². The molecular weight excluding hydrogens is 285 g/mol. The predicted octanol–water partition coefficient (Wildman–Crippen LogP) is 0.845. The van der Waals surface area contributed by atoms with Crippen molar-refractivity contribution in [1.82, 2.24) is 0 Å². The van der Waals surface area contributed by atoms with Crippen LogP contribution in [0.25, 0.3) is 0 Å². The number of hydrogen-bond acceptors (Lipinski definition) is 3. The van der Waals surface area contributed by atoms with Gasteiger partial charge in [0, 0.05) is 15.5 Å². The van der Waals surface area contributed by atoms with Crippen molar-refractivity contribution in [3.63, 3.8) is 0 Å². The van der Waals surface area contributed by atoms with Gasteiger partial charge in [0.05, 0.1) is 0 Å². The Morgan fingerprint density at radius 2 is 1.00 bits per heavy atom. The molecule has 0 aliphatic rings. The fraction of sp³-hybridized carbons (Fsp3) is 0. The van der Waals surface area contributed by atoms with Gasteiger partial charge in [0.15, 0.2) is 0 Å². The summed E-state index contributed by atoms with van der Waals surface area (Å²) >= 11 is 1.85. The second-order valence-electron chi connectivity index (χ2n) is 1.50. The first-order valence-corrected chi connectivity index (χ1v) is 10.3. The van der Waals surface area contributed by atoms with Gasteiger partial charge in [-0.15, -0.1) is 0 Å². The molecule has 0 atom stereocenters. The molecule has 0 aliphatic heterocycles. The molecule has 7 nitrogen and oxygen atoms in total. The van der Waals surface area contributed by atoms with E-state index in [2.05, 4.69) is 0 Å². The van der Waals surface area contributed by atoms with Gasteiger partial charge < -0.3 is 19.6 Å². The normalized spacial score (nSPS) is 15.0. The van der Waals surface area contributed by atoms with E-state index in [4.69, 9.17) is 19.6 Å². The van der Waals surface area contributed by atoms with Crippen LogP contribution >= 0.6 is 35.3 Å². The van der Waals surface area contributed by atoms with Crippen molar-refractivity contribution in [3.05, 3.63) is 0 Å². The van der Waals surface area contributed by atoms with E-state index in [1.807, 2.05) is 15.5 Å². The summed E-state index contributed by atoms with van der Waals surface area (Å²) in [6, 6.07) is 0. The Hall–Kier alpha value is 1.01. The monoisotopic (exact) mass is 288 g/mol. The van der Waals surface area contributed by atoms with Gasteiger partial charge in [-0.2, -0.15) is 0 Å². The summed E-state index contributed by atoms with van der Waals surface area (Å²) in [4.78, 5) is 32.8. The largest absolute Gasteiger partial charge is 0.403 e. The van der Waals surface area contributed by atoms with Crippen LogP contribution in [-0.2, 0) is 13.7 Å². The van der Waals surface area contributed by atoms with E-state index < -0.39 is 19.8 Å². The van der Waals surface area contributed by atoms with Crippen LogP contribution in [0.5, 0.6) is 0 Å². The first kappa shape index (κ1) is 12.0. The van der Waals surface area contributed by atoms with Gasteiger partial charge in [-0.3, -0.25) is 13.7 Å². The van der Waals surface area contributed by atoms with Crippen LogP contribution in [-0.4, -0.2) is 19.6 Å². The molecule has 0 heterocycles. The molecule has 0 radical (unpaired) electrons. The standard InChI is InChI=1S/BrH4O7P3/c1-9(2,10(3,4)5)11(6,7)8/h(H2,3,4,5)(H2,6,7,8). The number of hydrogen-bond donors (Lipinski definition) is 4. The summed E-state index contributed by atoms with van der Waals surface area (Å²) in [5.41, 5.74) is 0. The SMILES string of the molecule is O=P(O)(O)P(=O)(Br)P(=O)(O)O. The summed E-state index contributed by atoms with van der Waals surface area (Å²) < 4.78 is 31.0. The minimum Gasteiger partial charge on any atom is -0.318 e. The van der Waals surface area contributed by atoms with Gasteiger partial charge in [0.1, 0.15) is 0 Å². The highest BCUT2D eigenvalue weighted by Crippen LogP contribution is 2.98. The summed E-state index contributed by atoms with van der Waals surface area (Å²) in [5.74, 6) is 0. The third kappa shape index (κ3) is 2.47. The van der Waals surface area contributed by atoms with Gasteiger partial charge in [-0.25, -0.2) is 0 Å². The lowest BCUT2D eigenvalue weighted by molar-refractivity contribution is 0.383. The van der Waals surface area contributed by atoms with Crippen molar-refractivity contribution in [2.45, 2.75) is 0 Å². The Morgan fingerprint density at radius 3 is 1.00 bits per heavy atom. The van der Waals surface area contributed by atoms with E-state index in [1.54, 1.807) is 0 Å². The lowest BCUT2D eigenvalue weighted by Crippen LogP contribution is -1.79. The first-order valence-electron chi connectivity index (χ1n) is 1.92. The van der Waals surface area contributed by atoms with Crippen molar-refractivity contribution in [2.24, 2.45) is 0 Å². The van der Waals surface area contributed by atoms with Crippen LogP contribution in [0.1, 0.15) is 0 Å². The van der Waals surface area contributed by atoms with Crippen molar-refractivity contribution in [2.75, 3.05) is 0 Å². The summed E-state index contributed by atoms with van der Waals surface area (Å²) in [6.07, 6.45) is 0. The maximum atomic E-state index is 10.6. The Balaban J connectivity index is 5.28. The molecule has 0 aliphatic carbocycles.